The standard InChI is InChI=1S/C27H26ClNO6/c1-2-34-25(31)12-17-6-5-11-29(15-17)27(33)22(16-30)18-9-10-20-21(14-26(32)35-24(20)13-18)19-7-3-4-8-23(19)28/h3-4,7-10,13-14,16-17,22H,2,5-6,11-12,15H2,1H3. The van der Waals surface area contributed by atoms with Crippen LogP contribution in [0.2, 0.25) is 5.02 Å². The molecule has 7 nitrogen and oxygen atoms in total. The fraction of sp³-hybridized carbons (Fsp3) is 0.333. The molecule has 35 heavy (non-hydrogen) atoms. The van der Waals surface area contributed by atoms with E-state index < -0.39 is 11.5 Å². The largest absolute Gasteiger partial charge is 0.466 e. The number of piperidine rings is 1. The number of nitrogens with zero attached hydrogens (tertiary/aromatic N) is 1. The van der Waals surface area contributed by atoms with Gasteiger partial charge in [-0.1, -0.05) is 41.9 Å². The van der Waals surface area contributed by atoms with Gasteiger partial charge in [-0.15, -0.1) is 0 Å². The zero-order valence-corrected chi connectivity index (χ0v) is 20.1. The Balaban J connectivity index is 1.62. The molecule has 4 rings (SSSR count). The molecule has 2 atom stereocenters. The number of halogens is 1. The van der Waals surface area contributed by atoms with Crippen molar-refractivity contribution in [1.82, 2.24) is 4.90 Å². The number of benzene rings is 2. The molecule has 2 heterocycles. The summed E-state index contributed by atoms with van der Waals surface area (Å²) in [6.07, 6.45) is 2.42. The SMILES string of the molecule is CCOC(=O)CC1CCCN(C(=O)C(C=O)c2ccc3c(-c4ccccc4Cl)cc(=O)oc3c2)C1. The van der Waals surface area contributed by atoms with Gasteiger partial charge in [0.15, 0.2) is 0 Å². The van der Waals surface area contributed by atoms with Gasteiger partial charge in [-0.3, -0.25) is 9.59 Å². The molecule has 0 spiro atoms. The van der Waals surface area contributed by atoms with Crippen molar-refractivity contribution >= 4 is 40.7 Å². The van der Waals surface area contributed by atoms with Crippen LogP contribution in [0.1, 0.15) is 37.7 Å². The van der Waals surface area contributed by atoms with Gasteiger partial charge in [0.25, 0.3) is 0 Å². The van der Waals surface area contributed by atoms with Crippen LogP contribution in [0, 0.1) is 5.92 Å². The highest BCUT2D eigenvalue weighted by Gasteiger charge is 2.31. The summed E-state index contributed by atoms with van der Waals surface area (Å²) in [6, 6.07) is 13.5. The number of aldehydes is 1. The zero-order chi connectivity index (χ0) is 24.9. The third-order valence-corrected chi connectivity index (χ3v) is 6.61. The van der Waals surface area contributed by atoms with Crippen molar-refractivity contribution in [3.63, 3.8) is 0 Å². The Morgan fingerprint density at radius 1 is 1.20 bits per heavy atom. The molecule has 0 N–H and O–H groups in total. The van der Waals surface area contributed by atoms with E-state index in [1.54, 1.807) is 42.2 Å². The Bertz CT molecular complexity index is 1320. The quantitative estimate of drug-likeness (QED) is 0.206. The van der Waals surface area contributed by atoms with Gasteiger partial charge in [0.05, 0.1) is 13.0 Å². The van der Waals surface area contributed by atoms with Gasteiger partial charge in [-0.25, -0.2) is 4.79 Å². The Kier molecular flexibility index (Phi) is 7.66. The maximum atomic E-state index is 13.3. The number of fused-ring (bicyclic) bond motifs is 1. The Hall–Kier alpha value is -3.45. The van der Waals surface area contributed by atoms with Gasteiger partial charge < -0.3 is 18.8 Å². The van der Waals surface area contributed by atoms with E-state index in [1.165, 1.54) is 6.07 Å². The molecule has 0 bridgehead atoms. The first-order chi connectivity index (χ1) is 16.9. The molecule has 1 amide bonds. The zero-order valence-electron chi connectivity index (χ0n) is 19.4. The van der Waals surface area contributed by atoms with Crippen molar-refractivity contribution in [2.45, 2.75) is 32.1 Å². The molecule has 2 unspecified atom stereocenters. The summed E-state index contributed by atoms with van der Waals surface area (Å²) >= 11 is 6.35. The van der Waals surface area contributed by atoms with Gasteiger partial charge in [0.2, 0.25) is 5.91 Å². The third kappa shape index (κ3) is 5.46. The lowest BCUT2D eigenvalue weighted by atomic mass is 9.91. The molecule has 0 radical (unpaired) electrons. The van der Waals surface area contributed by atoms with Crippen LogP contribution in [-0.4, -0.2) is 42.8 Å². The van der Waals surface area contributed by atoms with Crippen LogP contribution in [0.25, 0.3) is 22.1 Å². The number of ether oxygens (including phenoxy) is 1. The first kappa shape index (κ1) is 24.7. The van der Waals surface area contributed by atoms with Gasteiger partial charge in [0, 0.05) is 40.7 Å². The van der Waals surface area contributed by atoms with Crippen LogP contribution in [0.15, 0.2) is 57.7 Å². The lowest BCUT2D eigenvalue weighted by molar-refractivity contribution is -0.146. The smallest absolute Gasteiger partial charge is 0.336 e. The number of rotatable bonds is 7. The van der Waals surface area contributed by atoms with Crippen LogP contribution in [0.4, 0.5) is 0 Å². The molecule has 0 saturated carbocycles. The minimum absolute atomic E-state index is 0.00754. The lowest BCUT2D eigenvalue weighted by Gasteiger charge is -2.33. The van der Waals surface area contributed by atoms with E-state index >= 15 is 0 Å². The first-order valence-corrected chi connectivity index (χ1v) is 12.0. The van der Waals surface area contributed by atoms with E-state index in [0.717, 1.165) is 12.8 Å². The minimum atomic E-state index is -1.05. The number of carbonyl (C=O) groups is 3. The summed E-state index contributed by atoms with van der Waals surface area (Å²) in [5, 5.41) is 1.14. The van der Waals surface area contributed by atoms with Crippen molar-refractivity contribution in [1.29, 1.82) is 0 Å². The average molecular weight is 496 g/mol. The number of carbonyl (C=O) groups excluding carboxylic acids is 3. The first-order valence-electron chi connectivity index (χ1n) is 11.6. The molecular weight excluding hydrogens is 470 g/mol. The highest BCUT2D eigenvalue weighted by atomic mass is 35.5. The summed E-state index contributed by atoms with van der Waals surface area (Å²) in [4.78, 5) is 51.1. The third-order valence-electron chi connectivity index (χ3n) is 6.29. The van der Waals surface area contributed by atoms with Crippen LogP contribution >= 0.6 is 11.6 Å². The predicted octanol–water partition coefficient (Wildman–Crippen LogP) is 4.59. The molecular formula is C27H26ClNO6. The molecule has 2 aromatic carbocycles. The van der Waals surface area contributed by atoms with Gasteiger partial charge in [-0.2, -0.15) is 0 Å². The molecule has 1 fully saturated rings. The van der Waals surface area contributed by atoms with Crippen LogP contribution in [-0.2, 0) is 19.1 Å². The second-order valence-corrected chi connectivity index (χ2v) is 9.04. The van der Waals surface area contributed by atoms with Crippen LogP contribution in [0.3, 0.4) is 0 Å². The second kappa shape index (κ2) is 10.9. The number of likely N-dealkylation sites (tertiary alicyclic amines) is 1. The molecule has 182 valence electrons. The van der Waals surface area contributed by atoms with E-state index in [9.17, 15) is 19.2 Å². The van der Waals surface area contributed by atoms with Crippen molar-refractivity contribution < 1.29 is 23.5 Å². The van der Waals surface area contributed by atoms with E-state index in [4.69, 9.17) is 20.8 Å². The Morgan fingerprint density at radius 3 is 2.74 bits per heavy atom. The summed E-state index contributed by atoms with van der Waals surface area (Å²) in [6.45, 7) is 2.98. The molecule has 1 aliphatic rings. The summed E-state index contributed by atoms with van der Waals surface area (Å²) < 4.78 is 10.5. The highest BCUT2D eigenvalue weighted by Crippen LogP contribution is 2.34. The average Bonchev–Trinajstić information content (AvgIpc) is 2.84. The van der Waals surface area contributed by atoms with E-state index in [0.29, 0.717) is 53.1 Å². The molecule has 1 aromatic heterocycles. The normalized spacial score (nSPS) is 16.6. The molecule has 3 aromatic rings. The monoisotopic (exact) mass is 495 g/mol. The van der Waals surface area contributed by atoms with Crippen LogP contribution in [0.5, 0.6) is 0 Å². The highest BCUT2D eigenvalue weighted by molar-refractivity contribution is 6.33. The fourth-order valence-corrected chi connectivity index (χ4v) is 4.88. The molecule has 8 heteroatoms. The van der Waals surface area contributed by atoms with E-state index in [2.05, 4.69) is 0 Å². The van der Waals surface area contributed by atoms with Crippen molar-refractivity contribution in [3.8, 4) is 11.1 Å². The van der Waals surface area contributed by atoms with Crippen LogP contribution < -0.4 is 5.63 Å². The topological polar surface area (TPSA) is 93.9 Å². The van der Waals surface area contributed by atoms with Crippen molar-refractivity contribution in [2.75, 3.05) is 19.7 Å². The van der Waals surface area contributed by atoms with Crippen molar-refractivity contribution in [3.05, 3.63) is 69.5 Å². The van der Waals surface area contributed by atoms with Crippen molar-refractivity contribution in [2.24, 2.45) is 5.92 Å². The Morgan fingerprint density at radius 2 is 2.00 bits per heavy atom. The number of hydrogen-bond acceptors (Lipinski definition) is 6. The maximum absolute atomic E-state index is 13.3. The van der Waals surface area contributed by atoms with Gasteiger partial charge in [-0.05, 0) is 43.4 Å². The Labute approximate surface area is 207 Å². The lowest BCUT2D eigenvalue weighted by Crippen LogP contribution is -2.43. The maximum Gasteiger partial charge on any atom is 0.336 e. The molecule has 0 aliphatic carbocycles. The molecule has 1 saturated heterocycles. The van der Waals surface area contributed by atoms with Gasteiger partial charge in [0.1, 0.15) is 17.8 Å². The van der Waals surface area contributed by atoms with Gasteiger partial charge >= 0.3 is 11.6 Å². The van der Waals surface area contributed by atoms with E-state index in [1.807, 2.05) is 12.1 Å². The summed E-state index contributed by atoms with van der Waals surface area (Å²) in [5.74, 6) is -1.67. The summed E-state index contributed by atoms with van der Waals surface area (Å²) in [5.41, 5.74) is 1.44. The second-order valence-electron chi connectivity index (χ2n) is 8.63. The summed E-state index contributed by atoms with van der Waals surface area (Å²) in [7, 11) is 0. The predicted molar refractivity (Wildman–Crippen MR) is 132 cm³/mol. The number of hydrogen-bond donors (Lipinski definition) is 0. The van der Waals surface area contributed by atoms with E-state index in [-0.39, 0.29) is 29.8 Å². The fourth-order valence-electron chi connectivity index (χ4n) is 4.64. The number of amides is 1. The molecule has 1 aliphatic heterocycles. The number of esters is 1. The minimum Gasteiger partial charge on any atom is -0.466 e.